The van der Waals surface area contributed by atoms with Crippen LogP contribution in [-0.2, 0) is 11.8 Å². The third-order valence-corrected chi connectivity index (χ3v) is 4.72. The summed E-state index contributed by atoms with van der Waals surface area (Å²) in [5, 5.41) is 5.83. The van der Waals surface area contributed by atoms with Gasteiger partial charge in [-0.3, -0.25) is 0 Å². The van der Waals surface area contributed by atoms with Crippen LogP contribution in [0.5, 0.6) is 0 Å². The van der Waals surface area contributed by atoms with Crippen LogP contribution < -0.4 is 5.32 Å². The van der Waals surface area contributed by atoms with E-state index in [2.05, 4.69) is 73.9 Å². The number of benzene rings is 1. The maximum atomic E-state index is 3.67. The molecule has 0 radical (unpaired) electrons. The summed E-state index contributed by atoms with van der Waals surface area (Å²) >= 11 is 1.85. The highest BCUT2D eigenvalue weighted by molar-refractivity contribution is 7.09. The average molecular weight is 273 g/mol. The average Bonchev–Trinajstić information content (AvgIpc) is 2.92. The number of nitrogens with one attached hydrogen (secondary N) is 1. The second kappa shape index (κ2) is 6.36. The van der Waals surface area contributed by atoms with Gasteiger partial charge >= 0.3 is 0 Å². The highest BCUT2D eigenvalue weighted by Gasteiger charge is 2.30. The lowest BCUT2D eigenvalue weighted by atomic mass is 9.76. The monoisotopic (exact) mass is 273 g/mol. The lowest BCUT2D eigenvalue weighted by Crippen LogP contribution is -2.46. The molecule has 0 aliphatic rings. The first-order valence-corrected chi connectivity index (χ1v) is 7.84. The van der Waals surface area contributed by atoms with Crippen LogP contribution in [0.4, 0.5) is 0 Å². The van der Waals surface area contributed by atoms with Crippen molar-refractivity contribution < 1.29 is 0 Å². The molecule has 2 rings (SSSR count). The van der Waals surface area contributed by atoms with Crippen LogP contribution in [0.1, 0.15) is 31.2 Å². The Kier molecular flexibility index (Phi) is 4.78. The largest absolute Gasteiger partial charge is 0.313 e. The Bertz CT molecular complexity index is 473. The van der Waals surface area contributed by atoms with E-state index in [9.17, 15) is 0 Å². The van der Waals surface area contributed by atoms with Gasteiger partial charge in [0.05, 0.1) is 0 Å². The lowest BCUT2D eigenvalue weighted by molar-refractivity contribution is 0.344. The zero-order chi connectivity index (χ0) is 13.7. The normalized spacial score (nSPS) is 13.4. The first-order chi connectivity index (χ1) is 9.14. The molecule has 0 bridgehead atoms. The van der Waals surface area contributed by atoms with E-state index in [1.54, 1.807) is 0 Å². The molecule has 0 fully saturated rings. The Hall–Kier alpha value is -1.12. The van der Waals surface area contributed by atoms with E-state index in [1.165, 1.54) is 10.4 Å². The van der Waals surface area contributed by atoms with E-state index in [4.69, 9.17) is 0 Å². The van der Waals surface area contributed by atoms with Crippen LogP contribution in [0.2, 0.25) is 0 Å². The molecule has 0 saturated carbocycles. The van der Waals surface area contributed by atoms with Crippen molar-refractivity contribution in [3.63, 3.8) is 0 Å². The van der Waals surface area contributed by atoms with Gasteiger partial charge in [0.15, 0.2) is 0 Å². The van der Waals surface area contributed by atoms with Gasteiger partial charge in [-0.2, -0.15) is 0 Å². The molecule has 1 aromatic carbocycles. The van der Waals surface area contributed by atoms with Crippen molar-refractivity contribution in [3.8, 4) is 0 Å². The first kappa shape index (κ1) is 14.3. The number of hydrogen-bond acceptors (Lipinski definition) is 2. The number of hydrogen-bond donors (Lipinski definition) is 1. The third kappa shape index (κ3) is 3.46. The number of thiophene rings is 1. The molecule has 2 aromatic rings. The highest BCUT2D eigenvalue weighted by atomic mass is 32.1. The zero-order valence-electron chi connectivity index (χ0n) is 12.0. The molecule has 0 saturated heterocycles. The summed E-state index contributed by atoms with van der Waals surface area (Å²) in [6.45, 7) is 7.86. The van der Waals surface area contributed by atoms with Crippen molar-refractivity contribution in [1.29, 1.82) is 0 Å². The van der Waals surface area contributed by atoms with Gasteiger partial charge in [0.25, 0.3) is 0 Å². The molecule has 0 aliphatic carbocycles. The Morgan fingerprint density at radius 1 is 1.11 bits per heavy atom. The van der Waals surface area contributed by atoms with Crippen molar-refractivity contribution in [2.75, 3.05) is 6.54 Å². The Balaban J connectivity index is 2.22. The van der Waals surface area contributed by atoms with Gasteiger partial charge in [0.1, 0.15) is 0 Å². The molecule has 1 aromatic heterocycles. The van der Waals surface area contributed by atoms with Crippen molar-refractivity contribution >= 4 is 11.3 Å². The topological polar surface area (TPSA) is 12.0 Å². The summed E-state index contributed by atoms with van der Waals surface area (Å²) in [5.74, 6) is 0. The minimum atomic E-state index is 0.126. The fourth-order valence-electron chi connectivity index (χ4n) is 2.53. The van der Waals surface area contributed by atoms with Gasteiger partial charge in [-0.05, 0) is 30.0 Å². The van der Waals surface area contributed by atoms with Crippen LogP contribution in [0, 0.1) is 0 Å². The van der Waals surface area contributed by atoms with E-state index in [-0.39, 0.29) is 5.41 Å². The van der Waals surface area contributed by atoms with Crippen molar-refractivity contribution in [1.82, 2.24) is 5.32 Å². The molecule has 0 spiro atoms. The predicted molar refractivity (Wildman–Crippen MR) is 85.0 cm³/mol. The summed E-state index contributed by atoms with van der Waals surface area (Å²) in [4.78, 5) is 1.45. The molecular weight excluding hydrogens is 250 g/mol. The van der Waals surface area contributed by atoms with Crippen LogP contribution in [-0.4, -0.2) is 12.6 Å². The van der Waals surface area contributed by atoms with Crippen molar-refractivity contribution in [2.45, 2.75) is 38.6 Å². The molecule has 1 unspecified atom stereocenters. The Labute approximate surface area is 120 Å². The quantitative estimate of drug-likeness (QED) is 0.830. The van der Waals surface area contributed by atoms with Gasteiger partial charge in [-0.25, -0.2) is 0 Å². The molecule has 1 atom stereocenters. The highest BCUT2D eigenvalue weighted by Crippen LogP contribution is 2.29. The molecule has 0 amide bonds. The molecule has 102 valence electrons. The van der Waals surface area contributed by atoms with Gasteiger partial charge in [0.2, 0.25) is 0 Å². The van der Waals surface area contributed by atoms with Crippen LogP contribution >= 0.6 is 11.3 Å². The maximum Gasteiger partial charge on any atom is 0.0207 e. The van der Waals surface area contributed by atoms with Gasteiger partial charge < -0.3 is 5.32 Å². The van der Waals surface area contributed by atoms with Crippen molar-refractivity contribution in [3.05, 3.63) is 58.3 Å². The van der Waals surface area contributed by atoms with E-state index in [1.807, 2.05) is 11.3 Å². The molecular formula is C17H23NS. The fourth-order valence-corrected chi connectivity index (χ4v) is 3.28. The first-order valence-electron chi connectivity index (χ1n) is 6.96. The summed E-state index contributed by atoms with van der Waals surface area (Å²) < 4.78 is 0. The summed E-state index contributed by atoms with van der Waals surface area (Å²) in [6.07, 6.45) is 1.09. The van der Waals surface area contributed by atoms with E-state index >= 15 is 0 Å². The van der Waals surface area contributed by atoms with Gasteiger partial charge in [-0.15, -0.1) is 11.3 Å². The van der Waals surface area contributed by atoms with Crippen LogP contribution in [0.15, 0.2) is 47.8 Å². The van der Waals surface area contributed by atoms with Crippen LogP contribution in [0.3, 0.4) is 0 Å². The predicted octanol–water partition coefficient (Wildman–Crippen LogP) is 4.25. The SMILES string of the molecule is CCNC(Cc1cccs1)C(C)(C)c1ccccc1. The molecule has 1 nitrogen and oxygen atoms in total. The number of rotatable bonds is 6. The fraction of sp³-hybridized carbons (Fsp3) is 0.412. The van der Waals surface area contributed by atoms with E-state index < -0.39 is 0 Å². The molecule has 19 heavy (non-hydrogen) atoms. The smallest absolute Gasteiger partial charge is 0.0207 e. The molecule has 1 heterocycles. The molecule has 0 aliphatic heterocycles. The molecule has 1 N–H and O–H groups in total. The summed E-state index contributed by atoms with van der Waals surface area (Å²) in [6, 6.07) is 15.6. The standard InChI is InChI=1S/C17H23NS/c1-4-18-16(13-15-11-8-12-19-15)17(2,3)14-9-6-5-7-10-14/h5-12,16,18H,4,13H2,1-3H3. The second-order valence-corrected chi connectivity index (χ2v) is 6.51. The van der Waals surface area contributed by atoms with Gasteiger partial charge in [0, 0.05) is 16.3 Å². The van der Waals surface area contributed by atoms with Crippen molar-refractivity contribution in [2.24, 2.45) is 0 Å². The maximum absolute atomic E-state index is 3.67. The minimum Gasteiger partial charge on any atom is -0.313 e. The van der Waals surface area contributed by atoms with Crippen LogP contribution in [0.25, 0.3) is 0 Å². The Morgan fingerprint density at radius 2 is 1.84 bits per heavy atom. The minimum absolute atomic E-state index is 0.126. The Morgan fingerprint density at radius 3 is 2.42 bits per heavy atom. The van der Waals surface area contributed by atoms with Gasteiger partial charge in [-0.1, -0.05) is 57.2 Å². The van der Waals surface area contributed by atoms with E-state index in [0.29, 0.717) is 6.04 Å². The molecule has 2 heteroatoms. The van der Waals surface area contributed by atoms with E-state index in [0.717, 1.165) is 13.0 Å². The third-order valence-electron chi connectivity index (χ3n) is 3.82. The lowest BCUT2D eigenvalue weighted by Gasteiger charge is -2.35. The summed E-state index contributed by atoms with van der Waals surface area (Å²) in [7, 11) is 0. The second-order valence-electron chi connectivity index (χ2n) is 5.48. The number of likely N-dealkylation sites (N-methyl/N-ethyl adjacent to an activating group) is 1. The summed E-state index contributed by atoms with van der Waals surface area (Å²) in [5.41, 5.74) is 1.53. The zero-order valence-corrected chi connectivity index (χ0v) is 12.8.